The molecule has 2 saturated heterocycles. The second kappa shape index (κ2) is 4.92. The number of hydrogen-bond acceptors (Lipinski definition) is 7. The van der Waals surface area contributed by atoms with Gasteiger partial charge in [-0.05, 0) is 34.6 Å². The smallest absolute Gasteiger partial charge is 0.334 e. The van der Waals surface area contributed by atoms with Crippen LogP contribution in [0.4, 0.5) is 0 Å². The Labute approximate surface area is 140 Å². The summed E-state index contributed by atoms with van der Waals surface area (Å²) in [7, 11) is -4.08. The zero-order chi connectivity index (χ0) is 18.9. The molecule has 0 aromatic carbocycles. The number of nitrogens with zero attached hydrogens (tertiary/aromatic N) is 1. The molecule has 0 radical (unpaired) electrons. The molecule has 136 valence electrons. The lowest BCUT2D eigenvalue weighted by molar-refractivity contribution is -0.180. The summed E-state index contributed by atoms with van der Waals surface area (Å²) in [5, 5.41) is 8.36. The SMILES string of the molecule is CC(C)(C)C(=O)OC[C@@]1(C(=O)O)N2C(=O)[C@H](N)[C@H]2S(=O)(=O)C1(C)C. The van der Waals surface area contributed by atoms with E-state index in [0.717, 1.165) is 4.90 Å². The third kappa shape index (κ3) is 1.95. The van der Waals surface area contributed by atoms with E-state index in [9.17, 15) is 27.9 Å². The number of carbonyl (C=O) groups excluding carboxylic acids is 2. The van der Waals surface area contributed by atoms with E-state index in [1.54, 1.807) is 20.8 Å². The van der Waals surface area contributed by atoms with Crippen LogP contribution in [0, 0.1) is 5.41 Å². The van der Waals surface area contributed by atoms with E-state index in [0.29, 0.717) is 0 Å². The third-order valence-electron chi connectivity index (χ3n) is 4.90. The Morgan fingerprint density at radius 3 is 2.25 bits per heavy atom. The molecule has 24 heavy (non-hydrogen) atoms. The number of rotatable bonds is 3. The summed E-state index contributed by atoms with van der Waals surface area (Å²) in [6.45, 7) is 6.38. The van der Waals surface area contributed by atoms with Crippen molar-refractivity contribution in [2.45, 2.75) is 56.3 Å². The van der Waals surface area contributed by atoms with Crippen molar-refractivity contribution in [1.82, 2.24) is 4.90 Å². The Morgan fingerprint density at radius 1 is 1.33 bits per heavy atom. The van der Waals surface area contributed by atoms with Crippen molar-refractivity contribution in [2.24, 2.45) is 11.1 Å². The van der Waals surface area contributed by atoms with Gasteiger partial charge in [0.05, 0.1) is 5.41 Å². The molecule has 3 N–H and O–H groups in total. The molecule has 2 aliphatic heterocycles. The van der Waals surface area contributed by atoms with E-state index < -0.39 is 61.4 Å². The molecule has 0 unspecified atom stereocenters. The molecule has 0 saturated carbocycles. The van der Waals surface area contributed by atoms with E-state index in [1.165, 1.54) is 13.8 Å². The summed E-state index contributed by atoms with van der Waals surface area (Å²) in [6.07, 6.45) is 0. The molecule has 2 aliphatic rings. The number of aliphatic carboxylic acids is 1. The van der Waals surface area contributed by atoms with Gasteiger partial charge in [-0.3, -0.25) is 9.59 Å². The first-order valence-electron chi connectivity index (χ1n) is 7.37. The Kier molecular flexibility index (Phi) is 3.82. The van der Waals surface area contributed by atoms with Crippen molar-refractivity contribution in [3.63, 3.8) is 0 Å². The second-order valence-corrected chi connectivity index (χ2v) is 10.3. The van der Waals surface area contributed by atoms with Crippen LogP contribution in [-0.2, 0) is 29.0 Å². The highest BCUT2D eigenvalue weighted by Gasteiger charge is 2.79. The average Bonchev–Trinajstić information content (AvgIpc) is 2.55. The van der Waals surface area contributed by atoms with Gasteiger partial charge in [-0.15, -0.1) is 0 Å². The van der Waals surface area contributed by atoms with Gasteiger partial charge in [-0.25, -0.2) is 13.2 Å². The monoisotopic (exact) mass is 362 g/mol. The lowest BCUT2D eigenvalue weighted by Crippen LogP contribution is -2.76. The lowest BCUT2D eigenvalue weighted by atomic mass is 9.81. The van der Waals surface area contributed by atoms with Crippen LogP contribution in [0.1, 0.15) is 34.6 Å². The van der Waals surface area contributed by atoms with Gasteiger partial charge in [0.15, 0.2) is 20.8 Å². The quantitative estimate of drug-likeness (QED) is 0.485. The van der Waals surface area contributed by atoms with Crippen LogP contribution in [0.15, 0.2) is 0 Å². The minimum absolute atomic E-state index is 0.697. The number of nitrogens with two attached hydrogens (primary N) is 1. The standard InChI is InChI=1S/C14H22N2O7S/c1-12(2,3)11(20)23-6-14(10(18)19)13(4,5)24(21,22)9-7(15)8(17)16(9)14/h7,9H,6,15H2,1-5H3,(H,18,19)/t7-,9+,14-/m0/s1. The molecule has 0 bridgehead atoms. The van der Waals surface area contributed by atoms with Crippen molar-refractivity contribution in [3.8, 4) is 0 Å². The van der Waals surface area contributed by atoms with E-state index in [2.05, 4.69) is 0 Å². The maximum Gasteiger partial charge on any atom is 0.334 e. The van der Waals surface area contributed by atoms with Crippen molar-refractivity contribution in [1.29, 1.82) is 0 Å². The summed E-state index contributed by atoms with van der Waals surface area (Å²) >= 11 is 0. The third-order valence-corrected chi connectivity index (χ3v) is 7.80. The van der Waals surface area contributed by atoms with Crippen molar-refractivity contribution >= 4 is 27.7 Å². The number of sulfone groups is 1. The molecular formula is C14H22N2O7S. The predicted octanol–water partition coefficient (Wildman–Crippen LogP) is -0.898. The number of esters is 1. The first-order valence-corrected chi connectivity index (χ1v) is 8.91. The van der Waals surface area contributed by atoms with Crippen molar-refractivity contribution in [2.75, 3.05) is 6.61 Å². The summed E-state index contributed by atoms with van der Waals surface area (Å²) in [6, 6.07) is -1.31. The van der Waals surface area contributed by atoms with Crippen molar-refractivity contribution < 1.29 is 32.6 Å². The van der Waals surface area contributed by atoms with Crippen LogP contribution < -0.4 is 5.73 Å². The fraction of sp³-hybridized carbons (Fsp3) is 0.786. The van der Waals surface area contributed by atoms with E-state index in [1.807, 2.05) is 0 Å². The summed E-state index contributed by atoms with van der Waals surface area (Å²) in [5.74, 6) is -3.04. The number of carboxylic acid groups (broad SMARTS) is 1. The topological polar surface area (TPSA) is 144 Å². The maximum atomic E-state index is 12.7. The van der Waals surface area contributed by atoms with Crippen LogP contribution in [0.5, 0.6) is 0 Å². The van der Waals surface area contributed by atoms with E-state index in [4.69, 9.17) is 10.5 Å². The molecule has 0 aromatic rings. The average molecular weight is 362 g/mol. The van der Waals surface area contributed by atoms with Crippen LogP contribution in [-0.4, -0.2) is 64.6 Å². The Hall–Kier alpha value is -1.68. The molecule has 0 spiro atoms. The molecular weight excluding hydrogens is 340 g/mol. The number of β-lactam (4-membered cyclic amide) rings is 1. The van der Waals surface area contributed by atoms with Gasteiger partial charge in [-0.2, -0.15) is 0 Å². The molecule has 9 nitrogen and oxygen atoms in total. The molecule has 2 heterocycles. The fourth-order valence-electron chi connectivity index (χ4n) is 3.10. The highest BCUT2D eigenvalue weighted by atomic mass is 32.2. The van der Waals surface area contributed by atoms with Gasteiger partial charge >= 0.3 is 11.9 Å². The molecule has 0 aliphatic carbocycles. The Morgan fingerprint density at radius 2 is 1.83 bits per heavy atom. The largest absolute Gasteiger partial charge is 0.479 e. The number of carboxylic acids is 1. The first-order chi connectivity index (χ1) is 10.6. The summed E-state index contributed by atoms with van der Waals surface area (Å²) in [5.41, 5.74) is 2.45. The van der Waals surface area contributed by atoms with Crippen LogP contribution >= 0.6 is 0 Å². The molecule has 2 fully saturated rings. The van der Waals surface area contributed by atoms with E-state index in [-0.39, 0.29) is 0 Å². The minimum Gasteiger partial charge on any atom is -0.479 e. The number of fused-ring (bicyclic) bond motifs is 1. The molecule has 2 rings (SSSR count). The lowest BCUT2D eigenvalue weighted by Gasteiger charge is -2.47. The second-order valence-electron chi connectivity index (χ2n) is 7.67. The van der Waals surface area contributed by atoms with Gasteiger partial charge < -0.3 is 20.5 Å². The van der Waals surface area contributed by atoms with Gasteiger partial charge in [-0.1, -0.05) is 0 Å². The highest BCUT2D eigenvalue weighted by Crippen LogP contribution is 2.52. The van der Waals surface area contributed by atoms with Gasteiger partial charge in [0.25, 0.3) is 0 Å². The van der Waals surface area contributed by atoms with Crippen LogP contribution in [0.2, 0.25) is 0 Å². The number of carbonyl (C=O) groups is 3. The molecule has 3 atom stereocenters. The molecule has 0 aromatic heterocycles. The van der Waals surface area contributed by atoms with E-state index >= 15 is 0 Å². The van der Waals surface area contributed by atoms with Gasteiger partial charge in [0.2, 0.25) is 5.91 Å². The number of ether oxygens (including phenoxy) is 1. The minimum atomic E-state index is -4.08. The van der Waals surface area contributed by atoms with Gasteiger partial charge in [0, 0.05) is 0 Å². The maximum absolute atomic E-state index is 12.7. The zero-order valence-electron chi connectivity index (χ0n) is 14.2. The number of amides is 1. The number of hydrogen-bond donors (Lipinski definition) is 2. The predicted molar refractivity (Wildman–Crippen MR) is 82.4 cm³/mol. The van der Waals surface area contributed by atoms with Gasteiger partial charge in [0.1, 0.15) is 17.4 Å². The normalized spacial score (nSPS) is 33.6. The van der Waals surface area contributed by atoms with Crippen molar-refractivity contribution in [3.05, 3.63) is 0 Å². The fourth-order valence-corrected chi connectivity index (χ4v) is 5.49. The molecule has 10 heteroatoms. The Balaban J connectivity index is 2.54. The van der Waals surface area contributed by atoms with Crippen LogP contribution in [0.25, 0.3) is 0 Å². The van der Waals surface area contributed by atoms with Crippen LogP contribution in [0.3, 0.4) is 0 Å². The molecule has 1 amide bonds. The summed E-state index contributed by atoms with van der Waals surface area (Å²) in [4.78, 5) is 36.9. The zero-order valence-corrected chi connectivity index (χ0v) is 15.0. The Bertz CT molecular complexity index is 722. The first kappa shape index (κ1) is 18.7. The summed E-state index contributed by atoms with van der Waals surface area (Å²) < 4.78 is 28.7. The highest BCUT2D eigenvalue weighted by molar-refractivity contribution is 7.94.